The topological polar surface area (TPSA) is 65.9 Å². The van der Waals surface area contributed by atoms with Crippen molar-refractivity contribution in [3.8, 4) is 6.07 Å². The minimum absolute atomic E-state index is 0.443. The molecule has 0 aliphatic carbocycles. The van der Waals surface area contributed by atoms with Crippen molar-refractivity contribution in [3.63, 3.8) is 0 Å². The largest absolute Gasteiger partial charge is 0.370 e. The molecule has 0 fully saturated rings. The van der Waals surface area contributed by atoms with E-state index < -0.39 is 0 Å². The van der Waals surface area contributed by atoms with Crippen molar-refractivity contribution in [2.24, 2.45) is 5.73 Å². The van der Waals surface area contributed by atoms with E-state index in [1.165, 1.54) is 0 Å². The van der Waals surface area contributed by atoms with E-state index >= 15 is 0 Å². The smallest absolute Gasteiger partial charge is 0.142 e. The van der Waals surface area contributed by atoms with Crippen molar-refractivity contribution in [1.82, 2.24) is 4.98 Å². The lowest BCUT2D eigenvalue weighted by Crippen LogP contribution is -2.29. The van der Waals surface area contributed by atoms with Gasteiger partial charge in [0.15, 0.2) is 0 Å². The Balaban J connectivity index is 2.87. The van der Waals surface area contributed by atoms with Gasteiger partial charge in [-0.25, -0.2) is 4.98 Å². The predicted octanol–water partition coefficient (Wildman–Crippen LogP) is 0.738. The van der Waals surface area contributed by atoms with Gasteiger partial charge in [0.1, 0.15) is 11.8 Å². The van der Waals surface area contributed by atoms with Crippen molar-refractivity contribution in [2.45, 2.75) is 6.92 Å². The van der Waals surface area contributed by atoms with Crippen molar-refractivity contribution >= 4 is 5.69 Å². The minimum atomic E-state index is 0.443. The SMILES string of the molecule is CCN(CCN)c1ccnc(C#N)c1. The van der Waals surface area contributed by atoms with Gasteiger partial charge in [0.05, 0.1) is 0 Å². The molecule has 0 atom stereocenters. The van der Waals surface area contributed by atoms with E-state index in [0.717, 1.165) is 18.8 Å². The number of nitriles is 1. The van der Waals surface area contributed by atoms with Gasteiger partial charge in [-0.3, -0.25) is 0 Å². The number of pyridine rings is 1. The Kier molecular flexibility index (Phi) is 3.89. The van der Waals surface area contributed by atoms with E-state index in [-0.39, 0.29) is 0 Å². The summed E-state index contributed by atoms with van der Waals surface area (Å²) in [5.41, 5.74) is 6.94. The van der Waals surface area contributed by atoms with Crippen LogP contribution in [0.1, 0.15) is 12.6 Å². The van der Waals surface area contributed by atoms with Crippen molar-refractivity contribution in [2.75, 3.05) is 24.5 Å². The van der Waals surface area contributed by atoms with Crippen LogP contribution in [0.2, 0.25) is 0 Å². The van der Waals surface area contributed by atoms with Crippen LogP contribution in [0.5, 0.6) is 0 Å². The summed E-state index contributed by atoms with van der Waals surface area (Å²) in [6.07, 6.45) is 1.65. The second kappa shape index (κ2) is 5.20. The Labute approximate surface area is 84.0 Å². The normalized spacial score (nSPS) is 9.50. The number of rotatable bonds is 4. The van der Waals surface area contributed by atoms with Crippen molar-refractivity contribution in [1.29, 1.82) is 5.26 Å². The first-order valence-corrected chi connectivity index (χ1v) is 4.63. The fourth-order valence-corrected chi connectivity index (χ4v) is 1.30. The molecule has 0 saturated heterocycles. The van der Waals surface area contributed by atoms with E-state index in [1.807, 2.05) is 12.1 Å². The van der Waals surface area contributed by atoms with Crippen LogP contribution in [-0.4, -0.2) is 24.6 Å². The van der Waals surface area contributed by atoms with Gasteiger partial charge >= 0.3 is 0 Å². The lowest BCUT2D eigenvalue weighted by Gasteiger charge is -2.21. The van der Waals surface area contributed by atoms with Crippen LogP contribution in [0.15, 0.2) is 18.3 Å². The lowest BCUT2D eigenvalue weighted by molar-refractivity contribution is 0.815. The first-order valence-electron chi connectivity index (χ1n) is 4.63. The second-order valence-electron chi connectivity index (χ2n) is 2.88. The number of anilines is 1. The summed E-state index contributed by atoms with van der Waals surface area (Å²) in [7, 11) is 0. The van der Waals surface area contributed by atoms with Gasteiger partial charge in [-0.2, -0.15) is 5.26 Å². The quantitative estimate of drug-likeness (QED) is 0.760. The molecule has 1 aromatic heterocycles. The summed E-state index contributed by atoms with van der Waals surface area (Å²) in [4.78, 5) is 6.03. The number of nitrogens with zero attached hydrogens (tertiary/aromatic N) is 3. The van der Waals surface area contributed by atoms with Gasteiger partial charge in [0.2, 0.25) is 0 Å². The summed E-state index contributed by atoms with van der Waals surface area (Å²) in [6.45, 7) is 4.34. The molecule has 4 heteroatoms. The fraction of sp³-hybridized carbons (Fsp3) is 0.400. The van der Waals surface area contributed by atoms with Gasteiger partial charge < -0.3 is 10.6 Å². The standard InChI is InChI=1S/C10H14N4/c1-2-14(6-4-11)10-3-5-13-9(7-10)8-12/h3,5,7H,2,4,6,11H2,1H3. The molecule has 1 heterocycles. The van der Waals surface area contributed by atoms with Gasteiger partial charge in [0.25, 0.3) is 0 Å². The Morgan fingerprint density at radius 2 is 2.43 bits per heavy atom. The zero-order chi connectivity index (χ0) is 10.4. The van der Waals surface area contributed by atoms with E-state index in [1.54, 1.807) is 12.3 Å². The summed E-state index contributed by atoms with van der Waals surface area (Å²) in [5.74, 6) is 0. The Bertz CT molecular complexity index is 329. The molecule has 1 aromatic rings. The van der Waals surface area contributed by atoms with E-state index in [9.17, 15) is 0 Å². The Hall–Kier alpha value is -1.60. The van der Waals surface area contributed by atoms with E-state index in [2.05, 4.69) is 16.8 Å². The Morgan fingerprint density at radius 1 is 1.64 bits per heavy atom. The molecular formula is C10H14N4. The molecule has 0 amide bonds. The first-order chi connectivity index (χ1) is 6.81. The fourth-order valence-electron chi connectivity index (χ4n) is 1.30. The molecule has 0 aliphatic rings. The third-order valence-corrected chi connectivity index (χ3v) is 2.00. The molecule has 0 spiro atoms. The van der Waals surface area contributed by atoms with Crippen LogP contribution in [-0.2, 0) is 0 Å². The van der Waals surface area contributed by atoms with Gasteiger partial charge in [-0.15, -0.1) is 0 Å². The number of likely N-dealkylation sites (N-methyl/N-ethyl adjacent to an activating group) is 1. The summed E-state index contributed by atoms with van der Waals surface area (Å²) < 4.78 is 0. The Morgan fingerprint density at radius 3 is 3.00 bits per heavy atom. The average molecular weight is 190 g/mol. The summed E-state index contributed by atoms with van der Waals surface area (Å²) >= 11 is 0. The van der Waals surface area contributed by atoms with Crippen LogP contribution in [0.25, 0.3) is 0 Å². The lowest BCUT2D eigenvalue weighted by atomic mass is 10.3. The molecule has 14 heavy (non-hydrogen) atoms. The minimum Gasteiger partial charge on any atom is -0.370 e. The third-order valence-electron chi connectivity index (χ3n) is 2.00. The van der Waals surface area contributed by atoms with Crippen molar-refractivity contribution in [3.05, 3.63) is 24.0 Å². The number of aromatic nitrogens is 1. The van der Waals surface area contributed by atoms with Crippen LogP contribution in [0.3, 0.4) is 0 Å². The molecule has 0 saturated carbocycles. The van der Waals surface area contributed by atoms with Crippen molar-refractivity contribution < 1.29 is 0 Å². The molecule has 2 N–H and O–H groups in total. The van der Waals surface area contributed by atoms with E-state index in [0.29, 0.717) is 12.2 Å². The zero-order valence-electron chi connectivity index (χ0n) is 8.27. The molecule has 0 radical (unpaired) electrons. The molecule has 1 rings (SSSR count). The highest BCUT2D eigenvalue weighted by Gasteiger charge is 2.03. The van der Waals surface area contributed by atoms with Crippen LogP contribution < -0.4 is 10.6 Å². The highest BCUT2D eigenvalue weighted by atomic mass is 15.1. The molecular weight excluding hydrogens is 176 g/mol. The number of nitrogens with two attached hydrogens (primary N) is 1. The molecule has 4 nitrogen and oxygen atoms in total. The second-order valence-corrected chi connectivity index (χ2v) is 2.88. The summed E-state index contributed by atoms with van der Waals surface area (Å²) in [5, 5.41) is 8.69. The first kappa shape index (κ1) is 10.5. The highest BCUT2D eigenvalue weighted by Crippen LogP contribution is 2.13. The summed E-state index contributed by atoms with van der Waals surface area (Å²) in [6, 6.07) is 5.69. The van der Waals surface area contributed by atoms with Crippen LogP contribution in [0.4, 0.5) is 5.69 Å². The number of hydrogen-bond donors (Lipinski definition) is 1. The van der Waals surface area contributed by atoms with E-state index in [4.69, 9.17) is 11.0 Å². The van der Waals surface area contributed by atoms with Crippen LogP contribution >= 0.6 is 0 Å². The zero-order valence-corrected chi connectivity index (χ0v) is 8.27. The number of hydrogen-bond acceptors (Lipinski definition) is 4. The molecule has 0 unspecified atom stereocenters. The molecule has 0 bridgehead atoms. The molecule has 0 aliphatic heterocycles. The maximum atomic E-state index is 8.69. The third kappa shape index (κ3) is 2.44. The van der Waals surface area contributed by atoms with Gasteiger partial charge in [-0.05, 0) is 19.1 Å². The molecule has 74 valence electrons. The molecule has 0 aromatic carbocycles. The van der Waals surface area contributed by atoms with Gasteiger partial charge in [0, 0.05) is 31.5 Å². The highest BCUT2D eigenvalue weighted by molar-refractivity contribution is 5.48. The predicted molar refractivity (Wildman–Crippen MR) is 55.9 cm³/mol. The maximum Gasteiger partial charge on any atom is 0.142 e. The average Bonchev–Trinajstić information content (AvgIpc) is 2.26. The maximum absolute atomic E-state index is 8.69. The van der Waals surface area contributed by atoms with Gasteiger partial charge in [-0.1, -0.05) is 0 Å². The monoisotopic (exact) mass is 190 g/mol. The van der Waals surface area contributed by atoms with Crippen LogP contribution in [0, 0.1) is 11.3 Å².